The van der Waals surface area contributed by atoms with E-state index in [0.29, 0.717) is 27.7 Å². The standard InChI is InChI=1S/C13H11F3N4/c1-7-11(6-20(2)19-7)9-3-8(13(14,15)16)4-12-10(9)5-17-18-12/h3-6H,1-2H3,(H,17,18). The minimum absolute atomic E-state index is 0.359. The Balaban J connectivity index is 2.33. The normalized spacial score (nSPS) is 12.2. The molecule has 0 radical (unpaired) electrons. The Bertz CT molecular complexity index is 783. The molecule has 0 aliphatic heterocycles. The molecule has 7 heteroatoms. The molecule has 1 N–H and O–H groups in total. The van der Waals surface area contributed by atoms with Crippen molar-refractivity contribution in [3.05, 3.63) is 35.8 Å². The van der Waals surface area contributed by atoms with Gasteiger partial charge in [0.15, 0.2) is 0 Å². The maximum absolute atomic E-state index is 13.0. The summed E-state index contributed by atoms with van der Waals surface area (Å²) in [5.41, 5.74) is 1.49. The number of nitrogens with zero attached hydrogens (tertiary/aromatic N) is 3. The fourth-order valence-corrected chi connectivity index (χ4v) is 2.30. The van der Waals surface area contributed by atoms with Crippen LogP contribution in [0.3, 0.4) is 0 Å². The van der Waals surface area contributed by atoms with Crippen molar-refractivity contribution in [2.75, 3.05) is 0 Å². The first kappa shape index (κ1) is 12.7. The second-order valence-corrected chi connectivity index (χ2v) is 4.65. The summed E-state index contributed by atoms with van der Waals surface area (Å²) in [5.74, 6) is 0. The molecular weight excluding hydrogens is 269 g/mol. The Kier molecular flexibility index (Phi) is 2.60. The van der Waals surface area contributed by atoms with Gasteiger partial charge in [-0.05, 0) is 24.6 Å². The first-order valence-electron chi connectivity index (χ1n) is 5.91. The Hall–Kier alpha value is -2.31. The summed E-state index contributed by atoms with van der Waals surface area (Å²) in [4.78, 5) is 0. The van der Waals surface area contributed by atoms with E-state index in [0.717, 1.165) is 12.1 Å². The number of hydrogen-bond donors (Lipinski definition) is 1. The lowest BCUT2D eigenvalue weighted by Crippen LogP contribution is -2.05. The van der Waals surface area contributed by atoms with Gasteiger partial charge in [0.25, 0.3) is 0 Å². The van der Waals surface area contributed by atoms with Gasteiger partial charge < -0.3 is 0 Å². The van der Waals surface area contributed by atoms with Crippen LogP contribution in [0.25, 0.3) is 22.0 Å². The average molecular weight is 280 g/mol. The highest BCUT2D eigenvalue weighted by Crippen LogP contribution is 2.37. The number of aromatic amines is 1. The lowest BCUT2D eigenvalue weighted by Gasteiger charge is -2.09. The summed E-state index contributed by atoms with van der Waals surface area (Å²) in [5, 5.41) is 11.2. The molecule has 104 valence electrons. The molecule has 0 spiro atoms. The predicted octanol–water partition coefficient (Wildman–Crippen LogP) is 3.29. The molecule has 0 unspecified atom stereocenters. The number of fused-ring (bicyclic) bond motifs is 1. The molecule has 4 nitrogen and oxygen atoms in total. The number of rotatable bonds is 1. The molecule has 20 heavy (non-hydrogen) atoms. The molecule has 3 aromatic rings. The Morgan fingerprint density at radius 2 is 1.95 bits per heavy atom. The highest BCUT2D eigenvalue weighted by molar-refractivity contribution is 5.95. The van der Waals surface area contributed by atoms with Crippen LogP contribution in [-0.2, 0) is 13.2 Å². The Morgan fingerprint density at radius 1 is 1.20 bits per heavy atom. The van der Waals surface area contributed by atoms with Gasteiger partial charge in [-0.2, -0.15) is 23.4 Å². The molecule has 0 fully saturated rings. The molecule has 0 amide bonds. The number of alkyl halides is 3. The summed E-state index contributed by atoms with van der Waals surface area (Å²) in [6, 6.07) is 2.21. The van der Waals surface area contributed by atoms with Crippen molar-refractivity contribution in [2.45, 2.75) is 13.1 Å². The van der Waals surface area contributed by atoms with Crippen LogP contribution in [0.4, 0.5) is 13.2 Å². The third-order valence-electron chi connectivity index (χ3n) is 3.19. The molecule has 0 atom stereocenters. The minimum atomic E-state index is -4.40. The van der Waals surface area contributed by atoms with Crippen LogP contribution in [0, 0.1) is 6.92 Å². The van der Waals surface area contributed by atoms with Gasteiger partial charge in [-0.3, -0.25) is 9.78 Å². The molecule has 0 saturated carbocycles. The van der Waals surface area contributed by atoms with E-state index in [1.54, 1.807) is 24.9 Å². The van der Waals surface area contributed by atoms with E-state index in [1.807, 2.05) is 0 Å². The first-order valence-corrected chi connectivity index (χ1v) is 5.91. The molecule has 0 bridgehead atoms. The van der Waals surface area contributed by atoms with Crippen LogP contribution >= 0.6 is 0 Å². The summed E-state index contributed by atoms with van der Waals surface area (Å²) in [6.07, 6.45) is -1.17. The van der Waals surface area contributed by atoms with E-state index in [9.17, 15) is 13.2 Å². The monoisotopic (exact) mass is 280 g/mol. The molecule has 0 aliphatic rings. The van der Waals surface area contributed by atoms with E-state index in [-0.39, 0.29) is 0 Å². The second kappa shape index (κ2) is 4.09. The predicted molar refractivity (Wildman–Crippen MR) is 68.0 cm³/mol. The molecule has 3 rings (SSSR count). The minimum Gasteiger partial charge on any atom is -0.278 e. The second-order valence-electron chi connectivity index (χ2n) is 4.65. The maximum atomic E-state index is 13.0. The number of aryl methyl sites for hydroxylation is 2. The van der Waals surface area contributed by atoms with Gasteiger partial charge in [-0.25, -0.2) is 0 Å². The van der Waals surface area contributed by atoms with E-state index < -0.39 is 11.7 Å². The van der Waals surface area contributed by atoms with Crippen LogP contribution in [0.15, 0.2) is 24.5 Å². The van der Waals surface area contributed by atoms with Gasteiger partial charge in [0.05, 0.1) is 23.0 Å². The summed E-state index contributed by atoms with van der Waals surface area (Å²) >= 11 is 0. The summed E-state index contributed by atoms with van der Waals surface area (Å²) in [6.45, 7) is 1.77. The van der Waals surface area contributed by atoms with Crippen LogP contribution < -0.4 is 0 Å². The van der Waals surface area contributed by atoms with Crippen molar-refractivity contribution in [1.82, 2.24) is 20.0 Å². The number of aromatic nitrogens is 4. The molecule has 2 aromatic heterocycles. The third-order valence-corrected chi connectivity index (χ3v) is 3.19. The van der Waals surface area contributed by atoms with Crippen LogP contribution in [0.1, 0.15) is 11.3 Å². The van der Waals surface area contributed by atoms with Gasteiger partial charge in [-0.1, -0.05) is 0 Å². The SMILES string of the molecule is Cc1nn(C)cc1-c1cc(C(F)(F)F)cc2[nH]ncc12. The highest BCUT2D eigenvalue weighted by atomic mass is 19.4. The van der Waals surface area contributed by atoms with Gasteiger partial charge in [0, 0.05) is 24.2 Å². The zero-order chi connectivity index (χ0) is 14.5. The quantitative estimate of drug-likeness (QED) is 0.743. The number of benzene rings is 1. The van der Waals surface area contributed by atoms with Crippen molar-refractivity contribution < 1.29 is 13.2 Å². The Labute approximate surface area is 112 Å². The molecule has 2 heterocycles. The summed E-state index contributed by atoms with van der Waals surface area (Å²) in [7, 11) is 1.73. The number of hydrogen-bond acceptors (Lipinski definition) is 2. The zero-order valence-electron chi connectivity index (χ0n) is 10.8. The van der Waals surface area contributed by atoms with Crippen molar-refractivity contribution in [2.24, 2.45) is 7.05 Å². The maximum Gasteiger partial charge on any atom is 0.416 e. The van der Waals surface area contributed by atoms with Gasteiger partial charge in [0.1, 0.15) is 0 Å². The fraction of sp³-hybridized carbons (Fsp3) is 0.231. The van der Waals surface area contributed by atoms with Crippen LogP contribution in [0.5, 0.6) is 0 Å². The van der Waals surface area contributed by atoms with Crippen molar-refractivity contribution >= 4 is 10.9 Å². The summed E-state index contributed by atoms with van der Waals surface area (Å²) < 4.78 is 40.5. The molecule has 1 aromatic carbocycles. The smallest absolute Gasteiger partial charge is 0.278 e. The lowest BCUT2D eigenvalue weighted by molar-refractivity contribution is -0.137. The van der Waals surface area contributed by atoms with Crippen molar-refractivity contribution in [1.29, 1.82) is 0 Å². The van der Waals surface area contributed by atoms with Crippen LogP contribution in [0.2, 0.25) is 0 Å². The van der Waals surface area contributed by atoms with Crippen molar-refractivity contribution in [3.8, 4) is 11.1 Å². The lowest BCUT2D eigenvalue weighted by atomic mass is 9.99. The van der Waals surface area contributed by atoms with Gasteiger partial charge in [0.2, 0.25) is 0 Å². The number of H-pyrrole nitrogens is 1. The fourth-order valence-electron chi connectivity index (χ4n) is 2.30. The molecular formula is C13H11F3N4. The first-order chi connectivity index (χ1) is 9.36. The van der Waals surface area contributed by atoms with Gasteiger partial charge >= 0.3 is 6.18 Å². The zero-order valence-corrected chi connectivity index (χ0v) is 10.8. The average Bonchev–Trinajstić information content (AvgIpc) is 2.92. The van der Waals surface area contributed by atoms with Crippen LogP contribution in [-0.4, -0.2) is 20.0 Å². The number of nitrogens with one attached hydrogen (secondary N) is 1. The molecule has 0 saturated heterocycles. The Morgan fingerprint density at radius 3 is 2.55 bits per heavy atom. The van der Waals surface area contributed by atoms with E-state index >= 15 is 0 Å². The third kappa shape index (κ3) is 1.95. The van der Waals surface area contributed by atoms with E-state index in [1.165, 1.54) is 6.20 Å². The highest BCUT2D eigenvalue weighted by Gasteiger charge is 2.32. The topological polar surface area (TPSA) is 46.5 Å². The van der Waals surface area contributed by atoms with E-state index in [2.05, 4.69) is 15.3 Å². The van der Waals surface area contributed by atoms with Crippen molar-refractivity contribution in [3.63, 3.8) is 0 Å². The molecule has 0 aliphatic carbocycles. The number of halogens is 3. The van der Waals surface area contributed by atoms with E-state index in [4.69, 9.17) is 0 Å². The van der Waals surface area contributed by atoms with Gasteiger partial charge in [-0.15, -0.1) is 0 Å². The largest absolute Gasteiger partial charge is 0.416 e.